The minimum absolute atomic E-state index is 0.800. The summed E-state index contributed by atoms with van der Waals surface area (Å²) in [6, 6.07) is 1.34. The monoisotopic (exact) mass is 203 g/mol. The first kappa shape index (κ1) is 13.1. The average Bonchev–Trinajstić information content (AvgIpc) is 2.19. The van der Waals surface area contributed by atoms with Gasteiger partial charge >= 0.3 is 0 Å². The summed E-state index contributed by atoms with van der Waals surface area (Å²) in [4.78, 5) is 9.22. The predicted molar refractivity (Wildman–Crippen MR) is 62.5 cm³/mol. The summed E-state index contributed by atoms with van der Waals surface area (Å²) >= 11 is 0. The van der Waals surface area contributed by atoms with Gasteiger partial charge in [-0.2, -0.15) is 0 Å². The predicted octanol–water partition coefficient (Wildman–Crippen LogP) is 0.378. The normalized spacial score (nSPS) is 11.5. The highest BCUT2D eigenvalue weighted by Crippen LogP contribution is 1.96. The third-order valence-corrected chi connectivity index (χ3v) is 4.94. The van der Waals surface area contributed by atoms with Crippen molar-refractivity contribution in [2.75, 3.05) is 33.7 Å². The zero-order valence-corrected chi connectivity index (χ0v) is 10.7. The van der Waals surface area contributed by atoms with Crippen molar-refractivity contribution < 1.29 is 0 Å². The van der Waals surface area contributed by atoms with Gasteiger partial charge in [-0.3, -0.25) is 0 Å². The molecule has 4 heteroatoms. The maximum atomic E-state index is 3.37. The molecule has 0 aromatic carbocycles. The Labute approximate surface area is 84.7 Å². The molecular formula is C9H25N3Si. The summed E-state index contributed by atoms with van der Waals surface area (Å²) in [6.07, 6.45) is 1.32. The first-order valence-electron chi connectivity index (χ1n) is 5.35. The van der Waals surface area contributed by atoms with Gasteiger partial charge in [-0.1, -0.05) is 13.8 Å². The van der Waals surface area contributed by atoms with Crippen molar-refractivity contribution in [2.45, 2.75) is 26.3 Å². The van der Waals surface area contributed by atoms with Crippen LogP contribution < -0.4 is 9.96 Å². The minimum Gasteiger partial charge on any atom is -0.331 e. The number of nitrogens with one attached hydrogen (secondary N) is 2. The van der Waals surface area contributed by atoms with Gasteiger partial charge in [-0.15, -0.1) is 0 Å². The molecule has 0 aromatic rings. The Kier molecular flexibility index (Phi) is 8.75. The standard InChI is InChI=1S/C9H25N3Si/c1-5-12(6-2)8-7-9-13(10-3)11-4/h10-11,13H,5-9H2,1-4H3. The van der Waals surface area contributed by atoms with Crippen LogP contribution in [-0.2, 0) is 0 Å². The van der Waals surface area contributed by atoms with Crippen LogP contribution in [0.3, 0.4) is 0 Å². The Bertz CT molecular complexity index is 91.0. The molecule has 13 heavy (non-hydrogen) atoms. The highest BCUT2D eigenvalue weighted by molar-refractivity contribution is 6.53. The van der Waals surface area contributed by atoms with E-state index in [1.807, 2.05) is 0 Å². The number of nitrogens with zero attached hydrogens (tertiary/aromatic N) is 1. The lowest BCUT2D eigenvalue weighted by atomic mass is 10.4. The van der Waals surface area contributed by atoms with Gasteiger partial charge in [0.2, 0.25) is 0 Å². The molecule has 0 spiro atoms. The first-order chi connectivity index (χ1) is 6.28. The van der Waals surface area contributed by atoms with Gasteiger partial charge in [0.05, 0.1) is 0 Å². The summed E-state index contributed by atoms with van der Waals surface area (Å²) in [6.45, 7) is 8.08. The zero-order valence-electron chi connectivity index (χ0n) is 9.56. The van der Waals surface area contributed by atoms with Gasteiger partial charge in [0.1, 0.15) is 0 Å². The summed E-state index contributed by atoms with van der Waals surface area (Å²) in [5, 5.41) is 0. The second-order valence-electron chi connectivity index (χ2n) is 3.30. The van der Waals surface area contributed by atoms with E-state index in [0.29, 0.717) is 0 Å². The van der Waals surface area contributed by atoms with E-state index in [9.17, 15) is 0 Å². The molecule has 0 aromatic heterocycles. The maximum absolute atomic E-state index is 3.37. The third-order valence-electron chi connectivity index (χ3n) is 2.56. The van der Waals surface area contributed by atoms with Crippen LogP contribution in [-0.4, -0.2) is 47.7 Å². The molecule has 2 N–H and O–H groups in total. The smallest absolute Gasteiger partial charge is 0.184 e. The number of hydrogen-bond donors (Lipinski definition) is 2. The molecule has 0 rings (SSSR count). The highest BCUT2D eigenvalue weighted by Gasteiger charge is 2.05. The van der Waals surface area contributed by atoms with E-state index in [-0.39, 0.29) is 0 Å². The Morgan fingerprint density at radius 1 is 1.08 bits per heavy atom. The molecule has 0 saturated heterocycles. The Balaban J connectivity index is 3.41. The van der Waals surface area contributed by atoms with Gasteiger partial charge in [0.25, 0.3) is 0 Å². The van der Waals surface area contributed by atoms with E-state index in [1.165, 1.54) is 32.1 Å². The van der Waals surface area contributed by atoms with Gasteiger partial charge in [-0.05, 0) is 46.2 Å². The molecule has 0 fully saturated rings. The SMILES string of the molecule is CCN(CC)CCC[SiH](NC)NC. The molecule has 0 amide bonds. The van der Waals surface area contributed by atoms with Crippen LogP contribution in [0.4, 0.5) is 0 Å². The second-order valence-corrected chi connectivity index (χ2v) is 6.14. The van der Waals surface area contributed by atoms with Crippen molar-refractivity contribution in [1.29, 1.82) is 0 Å². The molecule has 0 heterocycles. The minimum atomic E-state index is -0.800. The van der Waals surface area contributed by atoms with Crippen LogP contribution in [0.1, 0.15) is 20.3 Å². The molecule has 80 valence electrons. The van der Waals surface area contributed by atoms with Crippen LogP contribution in [0.15, 0.2) is 0 Å². The fourth-order valence-electron chi connectivity index (χ4n) is 1.49. The Morgan fingerprint density at radius 3 is 2.00 bits per heavy atom. The zero-order chi connectivity index (χ0) is 10.1. The molecule has 0 aliphatic rings. The lowest BCUT2D eigenvalue weighted by Crippen LogP contribution is -2.43. The maximum Gasteiger partial charge on any atom is 0.184 e. The van der Waals surface area contributed by atoms with Crippen LogP contribution in [0, 0.1) is 0 Å². The largest absolute Gasteiger partial charge is 0.331 e. The van der Waals surface area contributed by atoms with Crippen molar-refractivity contribution in [3.05, 3.63) is 0 Å². The molecule has 3 nitrogen and oxygen atoms in total. The van der Waals surface area contributed by atoms with Crippen LogP contribution in [0.2, 0.25) is 6.04 Å². The van der Waals surface area contributed by atoms with Crippen LogP contribution >= 0.6 is 0 Å². The fraction of sp³-hybridized carbons (Fsp3) is 1.00. The summed E-state index contributed by atoms with van der Waals surface area (Å²) in [5.41, 5.74) is 0. The van der Waals surface area contributed by atoms with E-state index >= 15 is 0 Å². The van der Waals surface area contributed by atoms with Gasteiger partial charge < -0.3 is 14.9 Å². The molecule has 0 atom stereocenters. The fourth-order valence-corrected chi connectivity index (χ4v) is 2.95. The topological polar surface area (TPSA) is 27.3 Å². The Morgan fingerprint density at radius 2 is 1.62 bits per heavy atom. The molecule has 0 aliphatic heterocycles. The lowest BCUT2D eigenvalue weighted by Gasteiger charge is -2.19. The number of rotatable bonds is 8. The lowest BCUT2D eigenvalue weighted by molar-refractivity contribution is 0.304. The molecule has 0 bridgehead atoms. The van der Waals surface area contributed by atoms with E-state index in [2.05, 4.69) is 42.8 Å². The quantitative estimate of drug-likeness (QED) is 0.559. The van der Waals surface area contributed by atoms with E-state index in [4.69, 9.17) is 0 Å². The summed E-state index contributed by atoms with van der Waals surface area (Å²) in [5.74, 6) is 0. The van der Waals surface area contributed by atoms with Crippen LogP contribution in [0.25, 0.3) is 0 Å². The highest BCUT2D eigenvalue weighted by atomic mass is 28.3. The van der Waals surface area contributed by atoms with Gasteiger partial charge in [0.15, 0.2) is 9.12 Å². The van der Waals surface area contributed by atoms with Crippen molar-refractivity contribution in [3.63, 3.8) is 0 Å². The molecule has 0 aliphatic carbocycles. The van der Waals surface area contributed by atoms with Gasteiger partial charge in [0, 0.05) is 0 Å². The second kappa shape index (κ2) is 8.68. The van der Waals surface area contributed by atoms with E-state index in [0.717, 1.165) is 0 Å². The van der Waals surface area contributed by atoms with Crippen molar-refractivity contribution in [3.8, 4) is 0 Å². The summed E-state index contributed by atoms with van der Waals surface area (Å²) < 4.78 is 0. The van der Waals surface area contributed by atoms with Crippen LogP contribution in [0.5, 0.6) is 0 Å². The molecule has 0 radical (unpaired) electrons. The first-order valence-corrected chi connectivity index (χ1v) is 7.32. The molecular weight excluding hydrogens is 178 g/mol. The van der Waals surface area contributed by atoms with Crippen molar-refractivity contribution in [2.24, 2.45) is 0 Å². The molecule has 0 unspecified atom stereocenters. The van der Waals surface area contributed by atoms with Crippen molar-refractivity contribution >= 4 is 9.12 Å². The van der Waals surface area contributed by atoms with E-state index in [1.54, 1.807) is 0 Å². The molecule has 0 saturated carbocycles. The van der Waals surface area contributed by atoms with Gasteiger partial charge in [-0.25, -0.2) is 0 Å². The van der Waals surface area contributed by atoms with Crippen molar-refractivity contribution in [1.82, 2.24) is 14.9 Å². The van der Waals surface area contributed by atoms with E-state index < -0.39 is 9.12 Å². The third kappa shape index (κ3) is 6.21. The Hall–Kier alpha value is 0.0969. The number of hydrogen-bond acceptors (Lipinski definition) is 3. The average molecular weight is 203 g/mol. The summed E-state index contributed by atoms with van der Waals surface area (Å²) in [7, 11) is 3.32.